The Morgan fingerprint density at radius 1 is 1.00 bits per heavy atom. The Balaban J connectivity index is -0.000000218. The van der Waals surface area contributed by atoms with Crippen molar-refractivity contribution in [2.45, 2.75) is 34.6 Å². The third kappa shape index (κ3) is 24.8. The van der Waals surface area contributed by atoms with Crippen molar-refractivity contribution < 1.29 is 0 Å². The predicted octanol–water partition coefficient (Wildman–Crippen LogP) is 4.91. The van der Waals surface area contributed by atoms with Gasteiger partial charge in [-0.25, -0.2) is 0 Å². The van der Waals surface area contributed by atoms with E-state index in [2.05, 4.69) is 13.2 Å². The summed E-state index contributed by atoms with van der Waals surface area (Å²) in [5, 5.41) is 0. The van der Waals surface area contributed by atoms with Crippen molar-refractivity contribution in [1.82, 2.24) is 0 Å². The quantitative estimate of drug-likeness (QED) is 0.541. The van der Waals surface area contributed by atoms with Crippen LogP contribution in [0.2, 0.25) is 0 Å². The van der Waals surface area contributed by atoms with Gasteiger partial charge in [0, 0.05) is 0 Å². The van der Waals surface area contributed by atoms with Crippen molar-refractivity contribution >= 4 is 0 Å². The first-order valence-electron chi connectivity index (χ1n) is 4.92. The smallest absolute Gasteiger partial charge is 0.0332 e. The lowest BCUT2D eigenvalue weighted by Gasteiger charge is -1.83. The van der Waals surface area contributed by atoms with E-state index in [0.717, 1.165) is 5.57 Å². The predicted molar refractivity (Wildman–Crippen MR) is 66.0 cm³/mol. The Morgan fingerprint density at radius 3 is 1.77 bits per heavy atom. The fraction of sp³-hybridized carbons (Fsp3) is 0.385. The molecule has 0 aromatic rings. The number of rotatable bonds is 3. The van der Waals surface area contributed by atoms with Crippen molar-refractivity contribution in [3.8, 4) is 0 Å². The maximum Gasteiger partial charge on any atom is -0.0332 e. The summed E-state index contributed by atoms with van der Waals surface area (Å²) in [4.78, 5) is 0. The van der Waals surface area contributed by atoms with Gasteiger partial charge in [0.2, 0.25) is 0 Å². The minimum atomic E-state index is 0.998. The highest BCUT2D eigenvalue weighted by Crippen LogP contribution is 1.93. The highest BCUT2D eigenvalue weighted by Gasteiger charge is 1.72. The molecule has 0 saturated heterocycles. The summed E-state index contributed by atoms with van der Waals surface area (Å²) in [7, 11) is 0. The fourth-order valence-electron chi connectivity index (χ4n) is 0.461. The van der Waals surface area contributed by atoms with E-state index in [1.54, 1.807) is 6.08 Å². The number of hydrogen-bond donors (Lipinski definition) is 0. The molecule has 0 fully saturated rings. The molecule has 76 valence electrons. The molecule has 0 unspecified atom stereocenters. The normalized spacial score (nSPS) is 8.38. The summed E-state index contributed by atoms with van der Waals surface area (Å²) < 4.78 is 0. The molecule has 13 heavy (non-hydrogen) atoms. The van der Waals surface area contributed by atoms with Crippen LogP contribution in [0.15, 0.2) is 49.1 Å². The van der Waals surface area contributed by atoms with Crippen LogP contribution in [0.4, 0.5) is 0 Å². The zero-order valence-corrected chi connectivity index (χ0v) is 9.80. The van der Waals surface area contributed by atoms with Crippen LogP contribution in [-0.4, -0.2) is 0 Å². The molecule has 0 atom stereocenters. The van der Waals surface area contributed by atoms with E-state index in [9.17, 15) is 0 Å². The largest absolute Gasteiger partial charge is 0.0991 e. The number of allylic oxidation sites excluding steroid dienone is 6. The molecule has 0 heteroatoms. The van der Waals surface area contributed by atoms with E-state index in [4.69, 9.17) is 0 Å². The standard InChI is InChI=1S/C9H12.2C2H6/c1-4-6-8-9(3)7-5-2;2*1-2/h4-8H,1,3H2,2H3;2*1-2H3/b7-5-,8-6-;;. The van der Waals surface area contributed by atoms with Gasteiger partial charge in [-0.1, -0.05) is 71.2 Å². The SMILES string of the molecule is C=C/C=C\C(=C)/C=C\C.CC.CC. The molecule has 0 amide bonds. The average Bonchev–Trinajstić information content (AvgIpc) is 2.21. The van der Waals surface area contributed by atoms with Crippen LogP contribution in [-0.2, 0) is 0 Å². The summed E-state index contributed by atoms with van der Waals surface area (Å²) >= 11 is 0. The molecule has 0 aliphatic rings. The average molecular weight is 180 g/mol. The second kappa shape index (κ2) is 22.4. The van der Waals surface area contributed by atoms with Gasteiger partial charge in [0.15, 0.2) is 0 Å². The molecule has 0 bridgehead atoms. The van der Waals surface area contributed by atoms with Crippen LogP contribution in [0.25, 0.3) is 0 Å². The zero-order valence-electron chi connectivity index (χ0n) is 9.80. The van der Waals surface area contributed by atoms with Crippen molar-refractivity contribution in [3.63, 3.8) is 0 Å². The maximum atomic E-state index is 3.76. The lowest BCUT2D eigenvalue weighted by molar-refractivity contribution is 1.50. The molecule has 0 saturated carbocycles. The van der Waals surface area contributed by atoms with E-state index in [1.807, 2.05) is 58.9 Å². The molecular formula is C13H24. The van der Waals surface area contributed by atoms with Crippen molar-refractivity contribution in [3.05, 3.63) is 49.1 Å². The second-order valence-corrected chi connectivity index (χ2v) is 1.67. The minimum absolute atomic E-state index is 0.998. The molecule has 0 aliphatic carbocycles. The van der Waals surface area contributed by atoms with E-state index in [1.165, 1.54) is 0 Å². The van der Waals surface area contributed by atoms with Gasteiger partial charge in [-0.15, -0.1) is 0 Å². The fourth-order valence-corrected chi connectivity index (χ4v) is 0.461. The van der Waals surface area contributed by atoms with Gasteiger partial charge in [0.05, 0.1) is 0 Å². The highest BCUT2D eigenvalue weighted by atomic mass is 13.8. The topological polar surface area (TPSA) is 0 Å². The first-order valence-corrected chi connectivity index (χ1v) is 4.92. The first-order chi connectivity index (χ1) is 6.31. The Morgan fingerprint density at radius 2 is 1.46 bits per heavy atom. The van der Waals surface area contributed by atoms with Crippen LogP contribution < -0.4 is 0 Å². The molecule has 0 spiro atoms. The molecule has 0 aromatic carbocycles. The molecular weight excluding hydrogens is 156 g/mol. The highest BCUT2D eigenvalue weighted by molar-refractivity contribution is 5.28. The lowest BCUT2D eigenvalue weighted by Crippen LogP contribution is -1.62. The summed E-state index contributed by atoms with van der Waals surface area (Å²) in [6, 6.07) is 0. The summed E-state index contributed by atoms with van der Waals surface area (Å²) in [6.45, 7) is 17.3. The van der Waals surface area contributed by atoms with Crippen molar-refractivity contribution in [2.24, 2.45) is 0 Å². The summed E-state index contributed by atoms with van der Waals surface area (Å²) in [5.41, 5.74) is 0.998. The molecule has 0 nitrogen and oxygen atoms in total. The van der Waals surface area contributed by atoms with E-state index < -0.39 is 0 Å². The monoisotopic (exact) mass is 180 g/mol. The van der Waals surface area contributed by atoms with Crippen LogP contribution in [0.3, 0.4) is 0 Å². The zero-order chi connectivity index (χ0) is 11.1. The van der Waals surface area contributed by atoms with Gasteiger partial charge < -0.3 is 0 Å². The minimum Gasteiger partial charge on any atom is -0.0991 e. The Labute approximate surface area is 84.4 Å². The number of hydrogen-bond acceptors (Lipinski definition) is 0. The van der Waals surface area contributed by atoms with E-state index in [-0.39, 0.29) is 0 Å². The van der Waals surface area contributed by atoms with Crippen molar-refractivity contribution in [1.29, 1.82) is 0 Å². The molecule has 0 N–H and O–H groups in total. The molecule has 0 rings (SSSR count). The summed E-state index contributed by atoms with van der Waals surface area (Å²) in [6.07, 6.45) is 9.40. The molecule has 0 aliphatic heterocycles. The summed E-state index contributed by atoms with van der Waals surface area (Å²) in [5.74, 6) is 0. The van der Waals surface area contributed by atoms with Crippen LogP contribution in [0.5, 0.6) is 0 Å². The Hall–Kier alpha value is -1.04. The van der Waals surface area contributed by atoms with Gasteiger partial charge in [0.25, 0.3) is 0 Å². The van der Waals surface area contributed by atoms with Crippen molar-refractivity contribution in [2.75, 3.05) is 0 Å². The van der Waals surface area contributed by atoms with Gasteiger partial charge in [-0.2, -0.15) is 0 Å². The van der Waals surface area contributed by atoms with Gasteiger partial charge >= 0.3 is 0 Å². The van der Waals surface area contributed by atoms with Crippen LogP contribution in [0.1, 0.15) is 34.6 Å². The molecule has 0 radical (unpaired) electrons. The van der Waals surface area contributed by atoms with Gasteiger partial charge in [-0.3, -0.25) is 0 Å². The van der Waals surface area contributed by atoms with Crippen LogP contribution in [0, 0.1) is 0 Å². The maximum absolute atomic E-state index is 3.76. The Kier molecular flexibility index (Phi) is 30.9. The molecule has 0 aromatic heterocycles. The third-order valence-electron chi connectivity index (χ3n) is 0.827. The first kappa shape index (κ1) is 17.9. The Bertz CT molecular complexity index is 147. The molecule has 0 heterocycles. The third-order valence-corrected chi connectivity index (χ3v) is 0.827. The van der Waals surface area contributed by atoms with Gasteiger partial charge in [0.1, 0.15) is 0 Å². The van der Waals surface area contributed by atoms with E-state index >= 15 is 0 Å². The second-order valence-electron chi connectivity index (χ2n) is 1.67. The van der Waals surface area contributed by atoms with Gasteiger partial charge in [-0.05, 0) is 12.5 Å². The lowest BCUT2D eigenvalue weighted by atomic mass is 10.2. The van der Waals surface area contributed by atoms with Crippen LogP contribution >= 0.6 is 0 Å². The van der Waals surface area contributed by atoms with E-state index in [0.29, 0.717) is 0 Å².